The molecule has 0 aromatic heterocycles. The van der Waals surface area contributed by atoms with Crippen molar-refractivity contribution in [3.05, 3.63) is 28.8 Å². The molecule has 2 unspecified atom stereocenters. The Bertz CT molecular complexity index is 605. The van der Waals surface area contributed by atoms with Crippen LogP contribution >= 0.6 is 23.4 Å². The Morgan fingerprint density at radius 3 is 2.86 bits per heavy atom. The minimum Gasteiger partial charge on any atom is -0.353 e. The van der Waals surface area contributed by atoms with Gasteiger partial charge in [0.05, 0.1) is 0 Å². The Morgan fingerprint density at radius 1 is 1.52 bits per heavy atom. The van der Waals surface area contributed by atoms with Crippen molar-refractivity contribution in [1.29, 1.82) is 0 Å². The minimum atomic E-state index is -3.14. The number of hydrogen-bond donors (Lipinski definition) is 1. The summed E-state index contributed by atoms with van der Waals surface area (Å²) in [4.78, 5) is 1.99. The maximum absolute atomic E-state index is 12.1. The van der Waals surface area contributed by atoms with Gasteiger partial charge in [-0.05, 0) is 37.1 Å². The molecular weight excluding hydrogens is 328 g/mol. The first-order valence-electron chi connectivity index (χ1n) is 6.86. The van der Waals surface area contributed by atoms with Gasteiger partial charge in [-0.3, -0.25) is 0 Å². The number of rotatable bonds is 4. The van der Waals surface area contributed by atoms with Crippen molar-refractivity contribution in [3.63, 3.8) is 0 Å². The number of sulfone groups is 1. The average molecular weight is 349 g/mol. The van der Waals surface area contributed by atoms with Crippen molar-refractivity contribution < 1.29 is 8.42 Å². The zero-order chi connectivity index (χ0) is 15.6. The van der Waals surface area contributed by atoms with Crippen molar-refractivity contribution in [3.8, 4) is 0 Å². The summed E-state index contributed by atoms with van der Waals surface area (Å²) in [6.45, 7) is 2.65. The lowest BCUT2D eigenvalue weighted by Crippen LogP contribution is -2.47. The lowest BCUT2D eigenvalue weighted by atomic mass is 10.0. The summed E-state index contributed by atoms with van der Waals surface area (Å²) in [5, 5.41) is 0.168. The highest BCUT2D eigenvalue weighted by molar-refractivity contribution is 8.01. The predicted octanol–water partition coefficient (Wildman–Crippen LogP) is 2.15. The van der Waals surface area contributed by atoms with Crippen molar-refractivity contribution >= 4 is 38.9 Å². The first kappa shape index (κ1) is 16.9. The maximum Gasteiger partial charge on any atom is 0.169 e. The van der Waals surface area contributed by atoms with Crippen LogP contribution in [0.5, 0.6) is 0 Å². The van der Waals surface area contributed by atoms with Crippen LogP contribution < -0.4 is 10.6 Å². The molecule has 1 heterocycles. The molecule has 118 valence electrons. The fraction of sp³-hybridized carbons (Fsp3) is 0.571. The van der Waals surface area contributed by atoms with Gasteiger partial charge in [0.2, 0.25) is 0 Å². The van der Waals surface area contributed by atoms with E-state index in [0.717, 1.165) is 23.5 Å². The number of nitrogens with two attached hydrogens (primary N) is 1. The van der Waals surface area contributed by atoms with Gasteiger partial charge in [-0.15, -0.1) is 0 Å². The van der Waals surface area contributed by atoms with Gasteiger partial charge in [0.25, 0.3) is 0 Å². The van der Waals surface area contributed by atoms with E-state index in [2.05, 4.69) is 0 Å². The fourth-order valence-electron chi connectivity index (χ4n) is 2.56. The van der Waals surface area contributed by atoms with Crippen LogP contribution in [0.1, 0.15) is 12.5 Å². The Labute approximate surface area is 135 Å². The molecule has 7 heteroatoms. The zero-order valence-corrected chi connectivity index (χ0v) is 14.6. The smallest absolute Gasteiger partial charge is 0.169 e. The average Bonchev–Trinajstić information content (AvgIpc) is 2.37. The third-order valence-corrected chi connectivity index (χ3v) is 6.35. The molecular formula is C14H21ClN2O2S2. The maximum atomic E-state index is 12.1. The van der Waals surface area contributed by atoms with Gasteiger partial charge >= 0.3 is 0 Å². The summed E-state index contributed by atoms with van der Waals surface area (Å²) in [6, 6.07) is 5.61. The molecule has 0 spiro atoms. The Kier molecular flexibility index (Phi) is 5.46. The molecule has 21 heavy (non-hydrogen) atoms. The predicted molar refractivity (Wildman–Crippen MR) is 92.1 cm³/mol. The molecule has 0 amide bonds. The molecule has 1 saturated heterocycles. The zero-order valence-electron chi connectivity index (χ0n) is 12.3. The number of hydrogen-bond acceptors (Lipinski definition) is 5. The first-order valence-corrected chi connectivity index (χ1v) is 10.3. The normalized spacial score (nSPS) is 21.3. The lowest BCUT2D eigenvalue weighted by Gasteiger charge is -2.37. The largest absolute Gasteiger partial charge is 0.353 e. The van der Waals surface area contributed by atoms with E-state index in [-0.39, 0.29) is 6.04 Å². The van der Waals surface area contributed by atoms with Gasteiger partial charge in [-0.2, -0.15) is 11.8 Å². The van der Waals surface area contributed by atoms with Crippen molar-refractivity contribution in [2.45, 2.75) is 24.8 Å². The standard InChI is InChI=1S/C14H21ClN2O2S2/c1-10(16)7-11-8-12(15)3-4-13(11)17-5-6-20-9-14(17)21(2,18)19/h3-4,8,10,14H,5-7,9,16H2,1-2H3. The molecule has 1 aliphatic rings. The number of nitrogens with zero attached hydrogens (tertiary/aromatic N) is 1. The second kappa shape index (κ2) is 6.77. The monoisotopic (exact) mass is 348 g/mol. The van der Waals surface area contributed by atoms with Gasteiger partial charge in [0.1, 0.15) is 5.37 Å². The van der Waals surface area contributed by atoms with Crippen LogP contribution in [0.4, 0.5) is 5.69 Å². The van der Waals surface area contributed by atoms with Crippen LogP contribution in [0.15, 0.2) is 18.2 Å². The molecule has 0 radical (unpaired) electrons. The second-order valence-electron chi connectivity index (χ2n) is 5.51. The van der Waals surface area contributed by atoms with E-state index in [4.69, 9.17) is 17.3 Å². The fourth-order valence-corrected chi connectivity index (χ4v) is 5.58. The van der Waals surface area contributed by atoms with Crippen LogP contribution in [0, 0.1) is 0 Å². The summed E-state index contributed by atoms with van der Waals surface area (Å²) in [7, 11) is -3.14. The van der Waals surface area contributed by atoms with E-state index in [1.165, 1.54) is 6.26 Å². The summed E-state index contributed by atoms with van der Waals surface area (Å²) in [5.74, 6) is 1.52. The van der Waals surface area contributed by atoms with E-state index >= 15 is 0 Å². The molecule has 1 aromatic rings. The SMILES string of the molecule is CC(N)Cc1cc(Cl)ccc1N1CCSCC1S(C)(=O)=O. The minimum absolute atomic E-state index is 0.00179. The quantitative estimate of drug-likeness (QED) is 0.903. The third kappa shape index (κ3) is 4.28. The number of halogens is 1. The highest BCUT2D eigenvalue weighted by Crippen LogP contribution is 2.31. The molecule has 0 saturated carbocycles. The highest BCUT2D eigenvalue weighted by atomic mass is 35.5. The van der Waals surface area contributed by atoms with E-state index in [9.17, 15) is 8.42 Å². The van der Waals surface area contributed by atoms with Crippen LogP contribution in [0.2, 0.25) is 5.02 Å². The molecule has 2 rings (SSSR count). The molecule has 2 N–H and O–H groups in total. The summed E-state index contributed by atoms with van der Waals surface area (Å²) < 4.78 is 24.1. The summed E-state index contributed by atoms with van der Waals surface area (Å²) >= 11 is 7.76. The van der Waals surface area contributed by atoms with Crippen molar-refractivity contribution in [2.75, 3.05) is 29.2 Å². The molecule has 1 aromatic carbocycles. The van der Waals surface area contributed by atoms with Crippen LogP contribution in [0.3, 0.4) is 0 Å². The summed E-state index contributed by atoms with van der Waals surface area (Å²) in [6.07, 6.45) is 1.98. The van der Waals surface area contributed by atoms with Gasteiger partial charge in [-0.1, -0.05) is 11.6 Å². The number of benzene rings is 1. The van der Waals surface area contributed by atoms with Crippen LogP contribution in [-0.4, -0.2) is 44.1 Å². The topological polar surface area (TPSA) is 63.4 Å². The highest BCUT2D eigenvalue weighted by Gasteiger charge is 2.32. The van der Waals surface area contributed by atoms with Gasteiger partial charge < -0.3 is 10.6 Å². The lowest BCUT2D eigenvalue weighted by molar-refractivity contribution is 0.584. The van der Waals surface area contributed by atoms with E-state index in [0.29, 0.717) is 17.2 Å². The van der Waals surface area contributed by atoms with E-state index in [1.807, 2.05) is 30.0 Å². The Morgan fingerprint density at radius 2 is 2.24 bits per heavy atom. The molecule has 0 bridgehead atoms. The van der Waals surface area contributed by atoms with Crippen LogP contribution in [-0.2, 0) is 16.3 Å². The number of anilines is 1. The molecule has 1 fully saturated rings. The summed E-state index contributed by atoms with van der Waals surface area (Å²) in [5.41, 5.74) is 7.86. The van der Waals surface area contributed by atoms with Gasteiger partial charge in [0, 0.05) is 41.1 Å². The third-order valence-electron chi connectivity index (χ3n) is 3.47. The van der Waals surface area contributed by atoms with Crippen molar-refractivity contribution in [1.82, 2.24) is 0 Å². The molecule has 0 aliphatic carbocycles. The number of thioether (sulfide) groups is 1. The van der Waals surface area contributed by atoms with Crippen LogP contribution in [0.25, 0.3) is 0 Å². The molecule has 4 nitrogen and oxygen atoms in total. The molecule has 2 atom stereocenters. The second-order valence-corrected chi connectivity index (χ2v) is 9.30. The van der Waals surface area contributed by atoms with E-state index in [1.54, 1.807) is 11.8 Å². The Hall–Kier alpha value is -0.430. The molecule has 1 aliphatic heterocycles. The van der Waals surface area contributed by atoms with Gasteiger partial charge in [-0.25, -0.2) is 8.42 Å². The van der Waals surface area contributed by atoms with E-state index < -0.39 is 15.2 Å². The Balaban J connectivity index is 2.43. The van der Waals surface area contributed by atoms with Crippen molar-refractivity contribution in [2.24, 2.45) is 5.73 Å². The van der Waals surface area contributed by atoms with Gasteiger partial charge in [0.15, 0.2) is 9.84 Å². The first-order chi connectivity index (χ1) is 9.79.